The number of amides is 2. The lowest BCUT2D eigenvalue weighted by molar-refractivity contribution is 0.121. The van der Waals surface area contributed by atoms with Gasteiger partial charge in [0.1, 0.15) is 5.75 Å². The van der Waals surface area contributed by atoms with Crippen LogP contribution in [0.5, 0.6) is 5.75 Å². The van der Waals surface area contributed by atoms with Crippen LogP contribution < -0.4 is 4.74 Å². The van der Waals surface area contributed by atoms with Crippen molar-refractivity contribution in [3.63, 3.8) is 0 Å². The molecule has 0 fully saturated rings. The van der Waals surface area contributed by atoms with E-state index in [2.05, 4.69) is 0 Å². The second kappa shape index (κ2) is 6.26. The summed E-state index contributed by atoms with van der Waals surface area (Å²) in [4.78, 5) is 14.6. The number of carbonyl (C=O) groups excluding carboxylic acids is 1. The molecule has 0 aliphatic rings. The van der Waals surface area contributed by atoms with E-state index in [9.17, 15) is 9.90 Å². The molecule has 0 bridgehead atoms. The summed E-state index contributed by atoms with van der Waals surface area (Å²) in [6.45, 7) is 0.240. The van der Waals surface area contributed by atoms with Gasteiger partial charge < -0.3 is 19.6 Å². The molecule has 1 N–H and O–H groups in total. The molecule has 0 aliphatic carbocycles. The van der Waals surface area contributed by atoms with Crippen LogP contribution in [0.4, 0.5) is 4.79 Å². The summed E-state index contributed by atoms with van der Waals surface area (Å²) in [5.74, 6) is 0.688. The molecular weight excluding hydrogens is 232 g/mol. The summed E-state index contributed by atoms with van der Waals surface area (Å²) >= 11 is 0. The summed E-state index contributed by atoms with van der Waals surface area (Å²) in [6, 6.07) is 7.05. The normalized spacial score (nSPS) is 11.8. The van der Waals surface area contributed by atoms with Gasteiger partial charge in [-0.2, -0.15) is 0 Å². The minimum Gasteiger partial charge on any atom is -0.497 e. The molecule has 18 heavy (non-hydrogen) atoms. The number of hydrogen-bond acceptors (Lipinski definition) is 3. The molecule has 0 radical (unpaired) electrons. The number of aliphatic hydroxyl groups is 1. The Hall–Kier alpha value is -1.75. The summed E-state index contributed by atoms with van der Waals surface area (Å²) in [6.07, 6.45) is -0.728. The van der Waals surface area contributed by atoms with E-state index in [0.717, 1.165) is 5.56 Å². The molecule has 5 heteroatoms. The van der Waals surface area contributed by atoms with Gasteiger partial charge in [-0.15, -0.1) is 0 Å². The van der Waals surface area contributed by atoms with Gasteiger partial charge in [-0.05, 0) is 17.7 Å². The maximum atomic E-state index is 11.6. The highest BCUT2D eigenvalue weighted by Crippen LogP contribution is 2.19. The third kappa shape index (κ3) is 3.63. The SMILES string of the molecule is COc1cccc(C(O)CN(C)C(=O)N(C)C)c1. The lowest BCUT2D eigenvalue weighted by Gasteiger charge is -2.24. The van der Waals surface area contributed by atoms with Crippen LogP contribution in [0.2, 0.25) is 0 Å². The molecule has 1 rings (SSSR count). The Balaban J connectivity index is 2.69. The number of nitrogens with zero attached hydrogens (tertiary/aromatic N) is 2. The number of aliphatic hydroxyl groups excluding tert-OH is 1. The number of urea groups is 1. The average Bonchev–Trinajstić information content (AvgIpc) is 2.37. The van der Waals surface area contributed by atoms with Gasteiger partial charge >= 0.3 is 6.03 Å². The van der Waals surface area contributed by atoms with Crippen LogP contribution in [-0.2, 0) is 0 Å². The van der Waals surface area contributed by atoms with Crippen molar-refractivity contribution in [1.82, 2.24) is 9.80 Å². The predicted octanol–water partition coefficient (Wildman–Crippen LogP) is 1.34. The van der Waals surface area contributed by atoms with Crippen molar-refractivity contribution in [3.05, 3.63) is 29.8 Å². The molecule has 1 atom stereocenters. The fourth-order valence-electron chi connectivity index (χ4n) is 1.63. The first-order valence-electron chi connectivity index (χ1n) is 5.70. The van der Waals surface area contributed by atoms with Gasteiger partial charge in [-0.1, -0.05) is 12.1 Å². The predicted molar refractivity (Wildman–Crippen MR) is 69.7 cm³/mol. The number of hydrogen-bond donors (Lipinski definition) is 1. The molecule has 0 heterocycles. The number of likely N-dealkylation sites (N-methyl/N-ethyl adjacent to an activating group) is 1. The van der Waals surface area contributed by atoms with Gasteiger partial charge in [-0.3, -0.25) is 0 Å². The van der Waals surface area contributed by atoms with E-state index in [0.29, 0.717) is 5.75 Å². The van der Waals surface area contributed by atoms with Crippen LogP contribution in [-0.4, -0.2) is 55.7 Å². The molecule has 1 aromatic carbocycles. The van der Waals surface area contributed by atoms with Crippen molar-refractivity contribution >= 4 is 6.03 Å². The molecule has 0 aliphatic heterocycles. The summed E-state index contributed by atoms with van der Waals surface area (Å²) in [5, 5.41) is 10.1. The Morgan fingerprint density at radius 1 is 1.39 bits per heavy atom. The van der Waals surface area contributed by atoms with Gasteiger partial charge in [0.2, 0.25) is 0 Å². The van der Waals surface area contributed by atoms with Crippen molar-refractivity contribution in [2.24, 2.45) is 0 Å². The van der Waals surface area contributed by atoms with E-state index >= 15 is 0 Å². The highest BCUT2D eigenvalue weighted by atomic mass is 16.5. The van der Waals surface area contributed by atoms with Gasteiger partial charge in [0.25, 0.3) is 0 Å². The van der Waals surface area contributed by atoms with Crippen LogP contribution in [0, 0.1) is 0 Å². The molecule has 5 nitrogen and oxygen atoms in total. The topological polar surface area (TPSA) is 53.0 Å². The molecule has 1 aromatic rings. The molecule has 0 aromatic heterocycles. The zero-order valence-electron chi connectivity index (χ0n) is 11.3. The zero-order chi connectivity index (χ0) is 13.7. The lowest BCUT2D eigenvalue weighted by atomic mass is 10.1. The van der Waals surface area contributed by atoms with Crippen molar-refractivity contribution < 1.29 is 14.6 Å². The third-order valence-corrected chi connectivity index (χ3v) is 2.63. The van der Waals surface area contributed by atoms with E-state index in [1.807, 2.05) is 12.1 Å². The molecule has 1 unspecified atom stereocenters. The maximum absolute atomic E-state index is 11.6. The maximum Gasteiger partial charge on any atom is 0.319 e. The smallest absolute Gasteiger partial charge is 0.319 e. The van der Waals surface area contributed by atoms with Crippen molar-refractivity contribution in [2.75, 3.05) is 34.8 Å². The zero-order valence-corrected chi connectivity index (χ0v) is 11.3. The Bertz CT molecular complexity index is 407. The number of methoxy groups -OCH3 is 1. The van der Waals surface area contributed by atoms with Gasteiger partial charge in [-0.25, -0.2) is 4.79 Å². The minimum atomic E-state index is -0.728. The Labute approximate surface area is 108 Å². The van der Waals surface area contributed by atoms with Crippen LogP contribution in [0.3, 0.4) is 0 Å². The number of rotatable bonds is 4. The van der Waals surface area contributed by atoms with E-state index in [-0.39, 0.29) is 12.6 Å². The first-order valence-corrected chi connectivity index (χ1v) is 5.70. The number of ether oxygens (including phenoxy) is 1. The van der Waals surface area contributed by atoms with Gasteiger partial charge in [0.05, 0.1) is 19.8 Å². The Morgan fingerprint density at radius 2 is 2.06 bits per heavy atom. The molecule has 2 amide bonds. The lowest BCUT2D eigenvalue weighted by Crippen LogP contribution is -2.38. The standard InChI is InChI=1S/C13H20N2O3/c1-14(2)13(17)15(3)9-12(16)10-6-5-7-11(8-10)18-4/h5-8,12,16H,9H2,1-4H3. The number of benzene rings is 1. The second-order valence-electron chi connectivity index (χ2n) is 4.35. The molecule has 100 valence electrons. The van der Waals surface area contributed by atoms with Crippen molar-refractivity contribution in [2.45, 2.75) is 6.10 Å². The average molecular weight is 252 g/mol. The van der Waals surface area contributed by atoms with E-state index in [1.54, 1.807) is 40.4 Å². The van der Waals surface area contributed by atoms with Crippen molar-refractivity contribution in [1.29, 1.82) is 0 Å². The Morgan fingerprint density at radius 3 is 2.61 bits per heavy atom. The summed E-state index contributed by atoms with van der Waals surface area (Å²) in [7, 11) is 6.59. The van der Waals surface area contributed by atoms with Crippen LogP contribution in [0.25, 0.3) is 0 Å². The highest BCUT2D eigenvalue weighted by molar-refractivity contribution is 5.73. The fraction of sp³-hybridized carbons (Fsp3) is 0.462. The second-order valence-corrected chi connectivity index (χ2v) is 4.35. The van der Waals surface area contributed by atoms with Crippen LogP contribution in [0.1, 0.15) is 11.7 Å². The molecule has 0 saturated heterocycles. The van der Waals surface area contributed by atoms with Gasteiger partial charge in [0.15, 0.2) is 0 Å². The largest absolute Gasteiger partial charge is 0.497 e. The third-order valence-electron chi connectivity index (χ3n) is 2.63. The highest BCUT2D eigenvalue weighted by Gasteiger charge is 2.16. The molecule has 0 spiro atoms. The van der Waals surface area contributed by atoms with E-state index < -0.39 is 6.10 Å². The van der Waals surface area contributed by atoms with E-state index in [1.165, 1.54) is 9.80 Å². The van der Waals surface area contributed by atoms with Crippen LogP contribution in [0.15, 0.2) is 24.3 Å². The summed E-state index contributed by atoms with van der Waals surface area (Å²) in [5.41, 5.74) is 0.729. The molecule has 0 saturated carbocycles. The summed E-state index contributed by atoms with van der Waals surface area (Å²) < 4.78 is 5.10. The first-order chi connectivity index (χ1) is 8.45. The Kier molecular flexibility index (Phi) is 4.97. The minimum absolute atomic E-state index is 0.142. The van der Waals surface area contributed by atoms with Crippen molar-refractivity contribution in [3.8, 4) is 5.75 Å². The monoisotopic (exact) mass is 252 g/mol. The quantitative estimate of drug-likeness (QED) is 0.880. The van der Waals surface area contributed by atoms with E-state index in [4.69, 9.17) is 4.74 Å². The van der Waals surface area contributed by atoms with Gasteiger partial charge in [0, 0.05) is 21.1 Å². The molecular formula is C13H20N2O3. The number of carbonyl (C=O) groups is 1. The van der Waals surface area contributed by atoms with Crippen LogP contribution >= 0.6 is 0 Å². The first kappa shape index (κ1) is 14.3. The fourth-order valence-corrected chi connectivity index (χ4v) is 1.63.